The van der Waals surface area contributed by atoms with E-state index in [1.165, 1.54) is 27.9 Å². The smallest absolute Gasteiger partial charge is 0.348 e. The van der Waals surface area contributed by atoms with E-state index >= 15 is 0 Å². The number of carbonyl (C=O) groups is 3. The summed E-state index contributed by atoms with van der Waals surface area (Å²) in [5.74, 6) is -1.20. The predicted molar refractivity (Wildman–Crippen MR) is 78.4 cm³/mol. The van der Waals surface area contributed by atoms with Crippen molar-refractivity contribution in [2.45, 2.75) is 19.3 Å². The lowest BCUT2D eigenvalue weighted by atomic mass is 10.2. The van der Waals surface area contributed by atoms with Crippen LogP contribution in [0.2, 0.25) is 0 Å². The summed E-state index contributed by atoms with van der Waals surface area (Å²) >= 11 is 1.41. The van der Waals surface area contributed by atoms with Gasteiger partial charge in [-0.2, -0.15) is 0 Å². The Bertz CT molecular complexity index is 558. The van der Waals surface area contributed by atoms with Gasteiger partial charge in [0.2, 0.25) is 0 Å². The molecule has 112 valence electrons. The lowest BCUT2D eigenvalue weighted by Crippen LogP contribution is -2.41. The van der Waals surface area contributed by atoms with Crippen LogP contribution in [0.3, 0.4) is 0 Å². The van der Waals surface area contributed by atoms with E-state index in [0.717, 1.165) is 19.3 Å². The number of esters is 1. The maximum absolute atomic E-state index is 11.8. The highest BCUT2D eigenvalue weighted by Crippen LogP contribution is 2.30. The number of ether oxygens (including phenoxy) is 1. The Balaban J connectivity index is 1.76. The quantitative estimate of drug-likeness (QED) is 0.636. The van der Waals surface area contributed by atoms with E-state index in [1.54, 1.807) is 0 Å². The highest BCUT2D eigenvalue weighted by Gasteiger charge is 2.20. The van der Waals surface area contributed by atoms with Gasteiger partial charge in [-0.3, -0.25) is 10.1 Å². The van der Waals surface area contributed by atoms with E-state index in [4.69, 9.17) is 4.74 Å². The lowest BCUT2D eigenvalue weighted by Gasteiger charge is -2.05. The molecule has 0 saturated carbocycles. The zero-order valence-corrected chi connectivity index (χ0v) is 12.3. The van der Waals surface area contributed by atoms with Crippen molar-refractivity contribution < 1.29 is 19.1 Å². The van der Waals surface area contributed by atoms with E-state index < -0.39 is 24.5 Å². The minimum atomic E-state index is -0.672. The second kappa shape index (κ2) is 7.03. The number of aryl methyl sites for hydroxylation is 2. The number of rotatable bonds is 5. The van der Waals surface area contributed by atoms with Crippen LogP contribution in [0.5, 0.6) is 0 Å². The molecule has 1 aliphatic rings. The second-order valence-corrected chi connectivity index (χ2v) is 5.67. The maximum atomic E-state index is 11.8. The molecule has 0 unspecified atom stereocenters. The number of hydrogen-bond acceptors (Lipinski definition) is 5. The fraction of sp³-hybridized carbons (Fsp3) is 0.357. The molecule has 7 heteroatoms. The van der Waals surface area contributed by atoms with Crippen LogP contribution in [0.25, 0.3) is 0 Å². The zero-order valence-electron chi connectivity index (χ0n) is 11.4. The maximum Gasteiger partial charge on any atom is 0.348 e. The largest absolute Gasteiger partial charge is 0.451 e. The second-order valence-electron chi connectivity index (χ2n) is 4.54. The van der Waals surface area contributed by atoms with Gasteiger partial charge in [0.25, 0.3) is 5.91 Å². The first-order valence-corrected chi connectivity index (χ1v) is 7.39. The molecule has 1 heterocycles. The summed E-state index contributed by atoms with van der Waals surface area (Å²) in [6.45, 7) is 3.20. The minimum absolute atomic E-state index is 0.250. The number of hydrogen-bond donors (Lipinski definition) is 2. The molecule has 0 aromatic carbocycles. The highest BCUT2D eigenvalue weighted by atomic mass is 32.1. The molecule has 0 saturated heterocycles. The van der Waals surface area contributed by atoms with Crippen molar-refractivity contribution in [1.82, 2.24) is 10.6 Å². The van der Waals surface area contributed by atoms with Gasteiger partial charge in [-0.05, 0) is 30.9 Å². The van der Waals surface area contributed by atoms with Crippen molar-refractivity contribution in [3.05, 3.63) is 34.0 Å². The highest BCUT2D eigenvalue weighted by molar-refractivity contribution is 7.14. The molecular weight excluding hydrogens is 292 g/mol. The first kappa shape index (κ1) is 15.2. The molecule has 3 amide bonds. The number of thiophene rings is 1. The third-order valence-electron chi connectivity index (χ3n) is 2.94. The molecule has 0 bridgehead atoms. The predicted octanol–water partition coefficient (Wildman–Crippen LogP) is 1.41. The average molecular weight is 308 g/mol. The summed E-state index contributed by atoms with van der Waals surface area (Å²) in [6, 6.07) is 1.18. The third kappa shape index (κ3) is 4.16. The topological polar surface area (TPSA) is 84.5 Å². The van der Waals surface area contributed by atoms with Gasteiger partial charge in [0.15, 0.2) is 6.61 Å². The summed E-state index contributed by atoms with van der Waals surface area (Å²) in [6.07, 6.45) is 4.60. The molecule has 21 heavy (non-hydrogen) atoms. The van der Waals surface area contributed by atoms with Gasteiger partial charge in [0.1, 0.15) is 4.88 Å². The number of fused-ring (bicyclic) bond motifs is 1. The number of carbonyl (C=O) groups excluding carboxylic acids is 3. The first-order chi connectivity index (χ1) is 10.1. The van der Waals surface area contributed by atoms with Crippen LogP contribution in [-0.2, 0) is 22.4 Å². The van der Waals surface area contributed by atoms with Crippen molar-refractivity contribution in [2.75, 3.05) is 13.2 Å². The number of imide groups is 1. The Labute approximate surface area is 126 Å². The molecule has 6 nitrogen and oxygen atoms in total. The monoisotopic (exact) mass is 308 g/mol. The van der Waals surface area contributed by atoms with Gasteiger partial charge >= 0.3 is 12.0 Å². The van der Waals surface area contributed by atoms with Crippen molar-refractivity contribution >= 4 is 29.2 Å². The Hall–Kier alpha value is -2.15. The van der Waals surface area contributed by atoms with Gasteiger partial charge in [0.05, 0.1) is 0 Å². The van der Waals surface area contributed by atoms with Crippen molar-refractivity contribution in [3.8, 4) is 0 Å². The third-order valence-corrected chi connectivity index (χ3v) is 4.16. The summed E-state index contributed by atoms with van der Waals surface area (Å²) in [4.78, 5) is 36.1. The van der Waals surface area contributed by atoms with E-state index in [-0.39, 0.29) is 6.54 Å². The van der Waals surface area contributed by atoms with Crippen LogP contribution in [0.4, 0.5) is 4.79 Å². The van der Waals surface area contributed by atoms with Crippen LogP contribution in [-0.4, -0.2) is 31.1 Å². The van der Waals surface area contributed by atoms with Crippen molar-refractivity contribution in [3.63, 3.8) is 0 Å². The van der Waals surface area contributed by atoms with Crippen LogP contribution < -0.4 is 10.6 Å². The molecule has 0 spiro atoms. The Morgan fingerprint density at radius 2 is 2.19 bits per heavy atom. The SMILES string of the molecule is C=CCNC(=O)NC(=O)COC(=O)c1cc2c(s1)CCC2. The average Bonchev–Trinajstić information content (AvgIpc) is 3.03. The molecule has 1 aromatic heterocycles. The normalized spacial score (nSPS) is 12.4. The van der Waals surface area contributed by atoms with Gasteiger partial charge in [0, 0.05) is 11.4 Å². The summed E-state index contributed by atoms with van der Waals surface area (Å²) in [5, 5.41) is 4.43. The molecule has 2 N–H and O–H groups in total. The number of urea groups is 1. The van der Waals surface area contributed by atoms with Crippen LogP contribution >= 0.6 is 11.3 Å². The summed E-state index contributed by atoms with van der Waals surface area (Å²) in [7, 11) is 0. The molecule has 1 aromatic rings. The molecule has 0 atom stereocenters. The Morgan fingerprint density at radius 1 is 1.38 bits per heavy atom. The molecule has 0 fully saturated rings. The molecule has 2 rings (SSSR count). The molecular formula is C14H16N2O4S. The van der Waals surface area contributed by atoms with Gasteiger partial charge in [-0.1, -0.05) is 6.08 Å². The van der Waals surface area contributed by atoms with E-state index in [0.29, 0.717) is 4.88 Å². The standard InChI is InChI=1S/C14H16N2O4S/c1-2-6-15-14(19)16-12(17)8-20-13(18)11-7-9-4-3-5-10(9)21-11/h2,7H,1,3-6,8H2,(H2,15,16,17,19). The van der Waals surface area contributed by atoms with Crippen molar-refractivity contribution in [2.24, 2.45) is 0 Å². The van der Waals surface area contributed by atoms with Gasteiger partial charge < -0.3 is 10.1 Å². The van der Waals surface area contributed by atoms with E-state index in [1.807, 2.05) is 11.4 Å². The van der Waals surface area contributed by atoms with Crippen molar-refractivity contribution in [1.29, 1.82) is 0 Å². The van der Waals surface area contributed by atoms with Gasteiger partial charge in [-0.15, -0.1) is 17.9 Å². The van der Waals surface area contributed by atoms with Crippen LogP contribution in [0, 0.1) is 0 Å². The molecule has 1 aliphatic carbocycles. The zero-order chi connectivity index (χ0) is 15.2. The fourth-order valence-corrected chi connectivity index (χ4v) is 3.15. The van der Waals surface area contributed by atoms with E-state index in [2.05, 4.69) is 11.9 Å². The van der Waals surface area contributed by atoms with Crippen LogP contribution in [0.1, 0.15) is 26.5 Å². The fourth-order valence-electron chi connectivity index (χ4n) is 2.00. The number of nitrogens with one attached hydrogen (secondary N) is 2. The van der Waals surface area contributed by atoms with Gasteiger partial charge in [-0.25, -0.2) is 9.59 Å². The Kier molecular flexibility index (Phi) is 5.10. The lowest BCUT2D eigenvalue weighted by molar-refractivity contribution is -0.123. The Morgan fingerprint density at radius 3 is 2.90 bits per heavy atom. The summed E-state index contributed by atoms with van der Waals surface area (Å²) < 4.78 is 4.89. The van der Waals surface area contributed by atoms with Crippen LogP contribution in [0.15, 0.2) is 18.7 Å². The van der Waals surface area contributed by atoms with E-state index in [9.17, 15) is 14.4 Å². The summed E-state index contributed by atoms with van der Waals surface area (Å²) in [5.41, 5.74) is 1.19. The first-order valence-electron chi connectivity index (χ1n) is 6.57. The minimum Gasteiger partial charge on any atom is -0.451 e. The number of amides is 3. The molecule has 0 aliphatic heterocycles. The molecule has 0 radical (unpaired) electrons.